The predicted molar refractivity (Wildman–Crippen MR) is 72.4 cm³/mol. The molecule has 1 aromatic rings. The van der Waals surface area contributed by atoms with Gasteiger partial charge in [0, 0.05) is 18.3 Å². The molecule has 2 N–H and O–H groups in total. The topological polar surface area (TPSA) is 85.3 Å². The highest BCUT2D eigenvalue weighted by atomic mass is 19.4. The monoisotopic (exact) mass is 334 g/mol. The fraction of sp³-hybridized carbons (Fsp3) is 0.615. The van der Waals surface area contributed by atoms with Crippen molar-refractivity contribution >= 4 is 12.0 Å². The summed E-state index contributed by atoms with van der Waals surface area (Å²) < 4.78 is 41.3. The lowest BCUT2D eigenvalue weighted by molar-refractivity contribution is -0.160. The molecule has 7 nitrogen and oxygen atoms in total. The summed E-state index contributed by atoms with van der Waals surface area (Å²) in [6.07, 6.45) is -1.70. The van der Waals surface area contributed by atoms with E-state index < -0.39 is 31.3 Å². The van der Waals surface area contributed by atoms with Crippen LogP contribution < -0.4 is 10.6 Å². The fourth-order valence-electron chi connectivity index (χ4n) is 2.45. The maximum atomic E-state index is 11.9. The van der Waals surface area contributed by atoms with Crippen molar-refractivity contribution in [2.75, 3.05) is 13.2 Å². The van der Waals surface area contributed by atoms with E-state index >= 15 is 0 Å². The fourth-order valence-corrected chi connectivity index (χ4v) is 2.45. The first-order chi connectivity index (χ1) is 10.8. The van der Waals surface area contributed by atoms with Gasteiger partial charge in [0.05, 0.1) is 12.2 Å². The minimum atomic E-state index is -4.60. The van der Waals surface area contributed by atoms with Crippen LogP contribution in [0, 0.1) is 0 Å². The van der Waals surface area contributed by atoms with E-state index in [0.29, 0.717) is 0 Å². The Balaban J connectivity index is 1.79. The maximum Gasteiger partial charge on any atom is 0.422 e. The Labute approximate surface area is 130 Å². The van der Waals surface area contributed by atoms with Crippen molar-refractivity contribution in [2.24, 2.45) is 7.05 Å². The van der Waals surface area contributed by atoms with Gasteiger partial charge in [-0.2, -0.15) is 18.3 Å². The molecule has 1 aromatic heterocycles. The predicted octanol–water partition coefficient (Wildman–Crippen LogP) is 1.20. The van der Waals surface area contributed by atoms with E-state index in [-0.39, 0.29) is 6.04 Å². The first-order valence-electron chi connectivity index (χ1n) is 7.04. The lowest BCUT2D eigenvalue weighted by atomic mass is 9.93. The van der Waals surface area contributed by atoms with Crippen molar-refractivity contribution in [1.82, 2.24) is 20.4 Å². The number of fused-ring (bicyclic) bond motifs is 1. The molecule has 10 heteroatoms. The third kappa shape index (κ3) is 4.86. The molecule has 0 fully saturated rings. The molecule has 1 aliphatic rings. The van der Waals surface area contributed by atoms with Crippen LogP contribution in [0.1, 0.15) is 30.1 Å². The van der Waals surface area contributed by atoms with E-state index in [2.05, 4.69) is 15.2 Å². The average Bonchev–Trinajstić information content (AvgIpc) is 2.85. The molecule has 0 saturated carbocycles. The molecule has 1 atom stereocenters. The van der Waals surface area contributed by atoms with Crippen molar-refractivity contribution in [3.05, 3.63) is 17.5 Å². The number of ether oxygens (including phenoxy) is 1. The van der Waals surface area contributed by atoms with Gasteiger partial charge in [-0.15, -0.1) is 0 Å². The van der Waals surface area contributed by atoms with Gasteiger partial charge in [0.25, 0.3) is 0 Å². The highest BCUT2D eigenvalue weighted by molar-refractivity contribution is 5.82. The molecule has 1 heterocycles. The summed E-state index contributed by atoms with van der Waals surface area (Å²) in [7, 11) is 1.82. The van der Waals surface area contributed by atoms with Crippen LogP contribution in [-0.2, 0) is 23.0 Å². The SMILES string of the molecule is Cn1ncc2c1CCC[C@@H]2NC(=O)CNC(=O)OCC(F)(F)F. The number of amides is 2. The molecule has 0 unspecified atom stereocenters. The third-order valence-corrected chi connectivity index (χ3v) is 3.47. The van der Waals surface area contributed by atoms with Gasteiger partial charge in [-0.1, -0.05) is 0 Å². The molecule has 1 aliphatic carbocycles. The van der Waals surface area contributed by atoms with Crippen molar-refractivity contribution < 1.29 is 27.5 Å². The molecule has 0 saturated heterocycles. The maximum absolute atomic E-state index is 11.9. The largest absolute Gasteiger partial charge is 0.440 e. The van der Waals surface area contributed by atoms with Gasteiger partial charge in [0.2, 0.25) is 5.91 Å². The van der Waals surface area contributed by atoms with E-state index in [4.69, 9.17) is 0 Å². The minimum absolute atomic E-state index is 0.215. The molecule has 0 radical (unpaired) electrons. The Morgan fingerprint density at radius 1 is 1.48 bits per heavy atom. The first kappa shape index (κ1) is 17.1. The Hall–Kier alpha value is -2.26. The zero-order chi connectivity index (χ0) is 17.0. The van der Waals surface area contributed by atoms with Crippen LogP contribution in [0.3, 0.4) is 0 Å². The molecular formula is C13H17F3N4O3. The number of carbonyl (C=O) groups is 2. The summed E-state index contributed by atoms with van der Waals surface area (Å²) in [5.41, 5.74) is 1.96. The molecule has 0 bridgehead atoms. The highest BCUT2D eigenvalue weighted by Gasteiger charge is 2.30. The number of hydrogen-bond acceptors (Lipinski definition) is 4. The summed E-state index contributed by atoms with van der Waals surface area (Å²) in [5.74, 6) is -0.504. The van der Waals surface area contributed by atoms with Gasteiger partial charge in [-0.25, -0.2) is 4.79 Å². The van der Waals surface area contributed by atoms with E-state index in [1.54, 1.807) is 10.9 Å². The Bertz CT molecular complexity index is 586. The number of hydrogen-bond donors (Lipinski definition) is 2. The molecule has 128 valence electrons. The second-order valence-electron chi connectivity index (χ2n) is 5.23. The highest BCUT2D eigenvalue weighted by Crippen LogP contribution is 2.28. The van der Waals surface area contributed by atoms with Crippen LogP contribution in [0.15, 0.2) is 6.20 Å². The second-order valence-corrected chi connectivity index (χ2v) is 5.23. The lowest BCUT2D eigenvalue weighted by Crippen LogP contribution is -2.40. The van der Waals surface area contributed by atoms with Crippen LogP contribution in [0.4, 0.5) is 18.0 Å². The van der Waals surface area contributed by atoms with Gasteiger partial charge in [0.15, 0.2) is 6.61 Å². The van der Waals surface area contributed by atoms with E-state index in [1.165, 1.54) is 0 Å². The Morgan fingerprint density at radius 3 is 2.91 bits per heavy atom. The number of nitrogens with zero attached hydrogens (tertiary/aromatic N) is 2. The molecular weight excluding hydrogens is 317 g/mol. The standard InChI is InChI=1S/C13H17F3N4O3/c1-20-10-4-2-3-9(8(10)5-18-20)19-11(21)6-17-12(22)23-7-13(14,15)16/h5,9H,2-4,6-7H2,1H3,(H,17,22)(H,19,21)/t9-/m0/s1. The van der Waals surface area contributed by atoms with Gasteiger partial charge < -0.3 is 15.4 Å². The molecule has 0 aliphatic heterocycles. The van der Waals surface area contributed by atoms with Gasteiger partial charge in [-0.05, 0) is 19.3 Å². The van der Waals surface area contributed by atoms with Crippen LogP contribution in [0.25, 0.3) is 0 Å². The summed E-state index contributed by atoms with van der Waals surface area (Å²) in [4.78, 5) is 22.9. The smallest absolute Gasteiger partial charge is 0.422 e. The number of rotatable bonds is 4. The van der Waals surface area contributed by atoms with Crippen molar-refractivity contribution in [3.63, 3.8) is 0 Å². The number of nitrogens with one attached hydrogen (secondary N) is 2. The minimum Gasteiger partial charge on any atom is -0.440 e. The summed E-state index contributed by atoms with van der Waals surface area (Å²) in [5, 5.41) is 8.86. The van der Waals surface area contributed by atoms with Crippen molar-refractivity contribution in [3.8, 4) is 0 Å². The van der Waals surface area contributed by atoms with E-state index in [9.17, 15) is 22.8 Å². The number of carbonyl (C=O) groups excluding carboxylic acids is 2. The Kier molecular flexibility index (Phi) is 5.12. The lowest BCUT2D eigenvalue weighted by Gasteiger charge is -2.23. The summed E-state index contributed by atoms with van der Waals surface area (Å²) in [6, 6.07) is -0.215. The number of alkyl carbamates (subject to hydrolysis) is 1. The van der Waals surface area contributed by atoms with Crippen molar-refractivity contribution in [2.45, 2.75) is 31.5 Å². The molecule has 0 spiro atoms. The summed E-state index contributed by atoms with van der Waals surface area (Å²) in [6.45, 7) is -2.15. The van der Waals surface area contributed by atoms with Crippen LogP contribution in [0.5, 0.6) is 0 Å². The third-order valence-electron chi connectivity index (χ3n) is 3.47. The van der Waals surface area contributed by atoms with Crippen molar-refractivity contribution in [1.29, 1.82) is 0 Å². The average molecular weight is 334 g/mol. The van der Waals surface area contributed by atoms with E-state index in [0.717, 1.165) is 30.5 Å². The molecule has 0 aromatic carbocycles. The summed E-state index contributed by atoms with van der Waals surface area (Å²) >= 11 is 0. The van der Waals surface area contributed by atoms with Crippen LogP contribution in [-0.4, -0.2) is 41.1 Å². The van der Waals surface area contributed by atoms with Crippen LogP contribution >= 0.6 is 0 Å². The zero-order valence-electron chi connectivity index (χ0n) is 12.4. The van der Waals surface area contributed by atoms with E-state index in [1.807, 2.05) is 12.4 Å². The second kappa shape index (κ2) is 6.88. The molecule has 2 amide bonds. The quantitative estimate of drug-likeness (QED) is 0.866. The zero-order valence-corrected chi connectivity index (χ0v) is 12.4. The van der Waals surface area contributed by atoms with Gasteiger partial charge in [-0.3, -0.25) is 9.48 Å². The Morgan fingerprint density at radius 2 is 2.22 bits per heavy atom. The van der Waals surface area contributed by atoms with Crippen LogP contribution in [0.2, 0.25) is 0 Å². The normalized spacial score (nSPS) is 17.3. The van der Waals surface area contributed by atoms with Gasteiger partial charge in [0.1, 0.15) is 6.54 Å². The van der Waals surface area contributed by atoms with Gasteiger partial charge >= 0.3 is 12.3 Å². The number of halogens is 3. The number of alkyl halides is 3. The number of aryl methyl sites for hydroxylation is 1. The first-order valence-corrected chi connectivity index (χ1v) is 7.04. The number of aromatic nitrogens is 2. The molecule has 2 rings (SSSR count). The molecule has 23 heavy (non-hydrogen) atoms.